The Balaban J connectivity index is 1.69. The SMILES string of the molecule is N#Cc1cc(NSc2cc(C(=O)O)ccc2C2CC2)c(-n2cccc2)cc1Cl. The van der Waals surface area contributed by atoms with Gasteiger partial charge in [0, 0.05) is 17.3 Å². The lowest BCUT2D eigenvalue weighted by Gasteiger charge is -2.15. The molecule has 3 aromatic rings. The predicted octanol–water partition coefficient (Wildman–Crippen LogP) is 5.70. The van der Waals surface area contributed by atoms with Gasteiger partial charge in [-0.1, -0.05) is 17.7 Å². The second kappa shape index (κ2) is 7.63. The molecule has 28 heavy (non-hydrogen) atoms. The fourth-order valence-corrected chi connectivity index (χ4v) is 4.16. The smallest absolute Gasteiger partial charge is 0.335 e. The zero-order valence-corrected chi connectivity index (χ0v) is 16.3. The summed E-state index contributed by atoms with van der Waals surface area (Å²) in [5, 5.41) is 19.0. The molecule has 0 spiro atoms. The Hall–Kier alpha value is -2.88. The van der Waals surface area contributed by atoms with E-state index in [-0.39, 0.29) is 5.56 Å². The lowest BCUT2D eigenvalue weighted by Crippen LogP contribution is -2.01. The second-order valence-corrected chi connectivity index (χ2v) is 7.84. The van der Waals surface area contributed by atoms with Gasteiger partial charge in [0.25, 0.3) is 0 Å². The van der Waals surface area contributed by atoms with Gasteiger partial charge in [-0.15, -0.1) is 0 Å². The molecular formula is C21H16ClN3O2S. The number of nitrogens with zero attached hydrogens (tertiary/aromatic N) is 2. The summed E-state index contributed by atoms with van der Waals surface area (Å²) in [7, 11) is 0. The number of aromatic nitrogens is 1. The number of rotatable bonds is 6. The van der Waals surface area contributed by atoms with Gasteiger partial charge >= 0.3 is 5.97 Å². The van der Waals surface area contributed by atoms with Crippen molar-refractivity contribution < 1.29 is 9.90 Å². The molecule has 1 aliphatic carbocycles. The number of nitriles is 1. The van der Waals surface area contributed by atoms with E-state index < -0.39 is 5.97 Å². The third-order valence-electron chi connectivity index (χ3n) is 4.64. The molecule has 7 heteroatoms. The Labute approximate surface area is 171 Å². The van der Waals surface area contributed by atoms with Gasteiger partial charge < -0.3 is 14.4 Å². The average molecular weight is 410 g/mol. The van der Waals surface area contributed by atoms with E-state index in [0.717, 1.165) is 34.7 Å². The van der Waals surface area contributed by atoms with E-state index in [1.54, 1.807) is 24.3 Å². The van der Waals surface area contributed by atoms with Crippen LogP contribution < -0.4 is 4.72 Å². The number of carboxylic acid groups (broad SMARTS) is 1. The Morgan fingerprint density at radius 2 is 2.00 bits per heavy atom. The van der Waals surface area contributed by atoms with Crippen LogP contribution in [-0.4, -0.2) is 15.6 Å². The molecule has 0 unspecified atom stereocenters. The summed E-state index contributed by atoms with van der Waals surface area (Å²) in [6.45, 7) is 0. The molecule has 0 atom stereocenters. The third-order valence-corrected chi connectivity index (χ3v) is 5.85. The van der Waals surface area contributed by atoms with Crippen molar-refractivity contribution in [2.45, 2.75) is 23.7 Å². The molecular weight excluding hydrogens is 394 g/mol. The number of carbonyl (C=O) groups is 1. The van der Waals surface area contributed by atoms with Crippen LogP contribution in [0.4, 0.5) is 5.69 Å². The van der Waals surface area contributed by atoms with E-state index in [1.807, 2.05) is 35.2 Å². The third kappa shape index (κ3) is 3.72. The van der Waals surface area contributed by atoms with Crippen molar-refractivity contribution in [3.8, 4) is 11.8 Å². The maximum Gasteiger partial charge on any atom is 0.335 e. The molecule has 5 nitrogen and oxygen atoms in total. The molecule has 1 aliphatic rings. The standard InChI is InChI=1S/C21H16ClN3O2S/c22-17-11-19(25-7-1-2-8-25)18(9-15(17)12-23)24-28-20-10-14(21(26)27)5-6-16(20)13-3-4-13/h1-2,5-11,13,24H,3-4H2,(H,26,27). The highest BCUT2D eigenvalue weighted by atomic mass is 35.5. The first kappa shape index (κ1) is 18.5. The van der Waals surface area contributed by atoms with Gasteiger partial charge in [-0.2, -0.15) is 5.26 Å². The van der Waals surface area contributed by atoms with Gasteiger partial charge in [0.1, 0.15) is 6.07 Å². The first-order valence-electron chi connectivity index (χ1n) is 8.74. The van der Waals surface area contributed by atoms with E-state index in [4.69, 9.17) is 11.6 Å². The highest BCUT2D eigenvalue weighted by Gasteiger charge is 2.27. The maximum atomic E-state index is 11.4. The molecule has 0 aliphatic heterocycles. The Morgan fingerprint density at radius 3 is 2.64 bits per heavy atom. The summed E-state index contributed by atoms with van der Waals surface area (Å²) in [4.78, 5) is 12.3. The van der Waals surface area contributed by atoms with Crippen molar-refractivity contribution >= 4 is 35.2 Å². The van der Waals surface area contributed by atoms with Crippen LogP contribution in [0.3, 0.4) is 0 Å². The fourth-order valence-electron chi connectivity index (χ4n) is 3.04. The molecule has 0 radical (unpaired) electrons. The topological polar surface area (TPSA) is 78.1 Å². The molecule has 0 amide bonds. The minimum Gasteiger partial charge on any atom is -0.478 e. The zero-order valence-electron chi connectivity index (χ0n) is 14.7. The lowest BCUT2D eigenvalue weighted by atomic mass is 10.1. The van der Waals surface area contributed by atoms with E-state index in [2.05, 4.69) is 10.8 Å². The molecule has 0 bridgehead atoms. The van der Waals surface area contributed by atoms with Gasteiger partial charge in [-0.3, -0.25) is 0 Å². The first-order chi connectivity index (χ1) is 13.6. The molecule has 1 saturated carbocycles. The number of nitrogens with one attached hydrogen (secondary N) is 1. The number of benzene rings is 2. The zero-order chi connectivity index (χ0) is 19.7. The molecule has 2 N–H and O–H groups in total. The van der Waals surface area contributed by atoms with Crippen LogP contribution in [0.15, 0.2) is 59.8 Å². The van der Waals surface area contributed by atoms with Crippen LogP contribution in [0.25, 0.3) is 5.69 Å². The number of halogens is 1. The average Bonchev–Trinajstić information content (AvgIpc) is 3.40. The van der Waals surface area contributed by atoms with Crippen LogP contribution in [0.1, 0.15) is 40.2 Å². The summed E-state index contributed by atoms with van der Waals surface area (Å²) in [5.41, 5.74) is 3.32. The predicted molar refractivity (Wildman–Crippen MR) is 110 cm³/mol. The van der Waals surface area contributed by atoms with E-state index in [0.29, 0.717) is 16.5 Å². The summed E-state index contributed by atoms with van der Waals surface area (Å²) >= 11 is 7.59. The minimum atomic E-state index is -0.949. The van der Waals surface area contributed by atoms with Crippen LogP contribution in [0.5, 0.6) is 0 Å². The molecule has 1 aromatic heterocycles. The van der Waals surface area contributed by atoms with Gasteiger partial charge in [0.15, 0.2) is 0 Å². The van der Waals surface area contributed by atoms with Crippen molar-refractivity contribution in [1.29, 1.82) is 5.26 Å². The van der Waals surface area contributed by atoms with Crippen LogP contribution in [-0.2, 0) is 0 Å². The molecule has 0 saturated heterocycles. The number of carboxylic acids is 1. The highest BCUT2D eigenvalue weighted by molar-refractivity contribution is 8.00. The summed E-state index contributed by atoms with van der Waals surface area (Å²) in [6, 6.07) is 14.6. The molecule has 2 aromatic carbocycles. The highest BCUT2D eigenvalue weighted by Crippen LogP contribution is 2.45. The summed E-state index contributed by atoms with van der Waals surface area (Å²) in [6.07, 6.45) is 6.03. The van der Waals surface area contributed by atoms with E-state index in [9.17, 15) is 15.2 Å². The van der Waals surface area contributed by atoms with Crippen LogP contribution >= 0.6 is 23.5 Å². The first-order valence-corrected chi connectivity index (χ1v) is 9.93. The number of hydrogen-bond donors (Lipinski definition) is 2. The molecule has 1 fully saturated rings. The van der Waals surface area contributed by atoms with Crippen molar-refractivity contribution in [1.82, 2.24) is 4.57 Å². The second-order valence-electron chi connectivity index (χ2n) is 6.59. The number of anilines is 1. The van der Waals surface area contributed by atoms with Crippen molar-refractivity contribution in [3.63, 3.8) is 0 Å². The minimum absolute atomic E-state index is 0.258. The monoisotopic (exact) mass is 409 g/mol. The maximum absolute atomic E-state index is 11.4. The quantitative estimate of drug-likeness (QED) is 0.511. The lowest BCUT2D eigenvalue weighted by molar-refractivity contribution is 0.0696. The summed E-state index contributed by atoms with van der Waals surface area (Å²) in [5.74, 6) is -0.466. The van der Waals surface area contributed by atoms with Gasteiger partial charge in [-0.25, -0.2) is 4.79 Å². The Bertz CT molecular complexity index is 1090. The van der Waals surface area contributed by atoms with Crippen molar-refractivity contribution in [2.75, 3.05) is 4.72 Å². The summed E-state index contributed by atoms with van der Waals surface area (Å²) < 4.78 is 5.21. The number of aromatic carboxylic acids is 1. The molecule has 140 valence electrons. The van der Waals surface area contributed by atoms with Gasteiger partial charge in [-0.05, 0) is 72.7 Å². The fraction of sp³-hybridized carbons (Fsp3) is 0.143. The van der Waals surface area contributed by atoms with E-state index in [1.165, 1.54) is 11.9 Å². The largest absolute Gasteiger partial charge is 0.478 e. The molecule has 4 rings (SSSR count). The van der Waals surface area contributed by atoms with Crippen molar-refractivity contribution in [2.24, 2.45) is 0 Å². The molecule has 1 heterocycles. The van der Waals surface area contributed by atoms with Crippen LogP contribution in [0.2, 0.25) is 5.02 Å². The van der Waals surface area contributed by atoms with Crippen molar-refractivity contribution in [3.05, 3.63) is 76.6 Å². The normalized spacial score (nSPS) is 13.1. The van der Waals surface area contributed by atoms with Gasteiger partial charge in [0.2, 0.25) is 0 Å². The van der Waals surface area contributed by atoms with E-state index >= 15 is 0 Å². The van der Waals surface area contributed by atoms with Crippen LogP contribution in [0, 0.1) is 11.3 Å². The number of hydrogen-bond acceptors (Lipinski definition) is 4. The van der Waals surface area contributed by atoms with Gasteiger partial charge in [0.05, 0.1) is 27.5 Å². The Kier molecular flexibility index (Phi) is 5.03. The Morgan fingerprint density at radius 1 is 1.25 bits per heavy atom.